The Morgan fingerprint density at radius 1 is 1.50 bits per heavy atom. The zero-order valence-electron chi connectivity index (χ0n) is 4.69. The molecule has 0 amide bonds. The fourth-order valence-electron chi connectivity index (χ4n) is 0.472. The summed E-state index contributed by atoms with van der Waals surface area (Å²) in [6, 6.07) is 1.09. The highest BCUT2D eigenvalue weighted by atomic mass is 35.5. The van der Waals surface area contributed by atoms with Crippen LogP contribution >= 0.6 is 23.2 Å². The third kappa shape index (κ3) is 1.25. The van der Waals surface area contributed by atoms with E-state index in [9.17, 15) is 4.79 Å². The zero-order valence-corrected chi connectivity index (χ0v) is 6.20. The summed E-state index contributed by atoms with van der Waals surface area (Å²) in [4.78, 5) is 12.7. The van der Waals surface area contributed by atoms with Crippen LogP contribution in [-0.2, 0) is 0 Å². The van der Waals surface area contributed by atoms with E-state index in [0.29, 0.717) is 0 Å². The van der Waals surface area contributed by atoms with Gasteiger partial charge in [-0.1, -0.05) is 23.2 Å². The molecule has 3 nitrogen and oxygen atoms in total. The van der Waals surface area contributed by atoms with Gasteiger partial charge in [0, 0.05) is 6.07 Å². The van der Waals surface area contributed by atoms with Crippen molar-refractivity contribution in [1.82, 2.24) is 4.98 Å². The summed E-state index contributed by atoms with van der Waals surface area (Å²) in [6.07, 6.45) is 0. The number of nitrogens with one attached hydrogen (secondary N) is 1. The first-order valence-electron chi connectivity index (χ1n) is 2.38. The van der Waals surface area contributed by atoms with Crippen LogP contribution < -0.4 is 5.56 Å². The van der Waals surface area contributed by atoms with Gasteiger partial charge < -0.3 is 10.1 Å². The van der Waals surface area contributed by atoms with Crippen LogP contribution in [-0.4, -0.2) is 10.1 Å². The number of halogens is 2. The molecule has 0 aliphatic rings. The first-order valence-corrected chi connectivity index (χ1v) is 3.14. The van der Waals surface area contributed by atoms with Gasteiger partial charge in [0.05, 0.1) is 5.02 Å². The molecule has 10 heavy (non-hydrogen) atoms. The second-order valence-electron chi connectivity index (χ2n) is 1.65. The van der Waals surface area contributed by atoms with Gasteiger partial charge in [0.15, 0.2) is 5.75 Å². The number of aromatic amines is 1. The molecule has 0 aliphatic carbocycles. The Balaban J connectivity index is 3.43. The first kappa shape index (κ1) is 7.44. The van der Waals surface area contributed by atoms with Gasteiger partial charge >= 0.3 is 0 Å². The van der Waals surface area contributed by atoms with E-state index in [1.807, 2.05) is 0 Å². The second kappa shape index (κ2) is 2.52. The molecular formula is C5H3Cl2NO2. The Labute approximate surface area is 66.2 Å². The second-order valence-corrected chi connectivity index (χ2v) is 2.43. The number of pyridine rings is 1. The fourth-order valence-corrected chi connectivity index (χ4v) is 0.763. The molecule has 0 aromatic carbocycles. The molecule has 0 unspecified atom stereocenters. The minimum absolute atomic E-state index is 0.0319. The molecule has 0 atom stereocenters. The number of aromatic nitrogens is 1. The molecule has 0 bridgehead atoms. The molecule has 0 aliphatic heterocycles. The van der Waals surface area contributed by atoms with E-state index in [1.54, 1.807) is 0 Å². The SMILES string of the molecule is O=c1[nH]c(Cl)c(Cl)cc1O. The molecule has 0 radical (unpaired) electrons. The maximum absolute atomic E-state index is 10.5. The van der Waals surface area contributed by atoms with Crippen molar-refractivity contribution >= 4 is 23.2 Å². The number of H-pyrrole nitrogens is 1. The highest BCUT2D eigenvalue weighted by molar-refractivity contribution is 6.41. The van der Waals surface area contributed by atoms with E-state index < -0.39 is 11.3 Å². The number of hydrogen-bond donors (Lipinski definition) is 2. The van der Waals surface area contributed by atoms with Crippen molar-refractivity contribution < 1.29 is 5.11 Å². The Kier molecular flexibility index (Phi) is 1.87. The molecule has 0 spiro atoms. The zero-order chi connectivity index (χ0) is 7.72. The largest absolute Gasteiger partial charge is 0.503 e. The summed E-state index contributed by atoms with van der Waals surface area (Å²) in [5.41, 5.74) is -0.644. The van der Waals surface area contributed by atoms with E-state index in [0.717, 1.165) is 6.07 Å². The molecule has 5 heteroatoms. The van der Waals surface area contributed by atoms with Gasteiger partial charge in [0.25, 0.3) is 5.56 Å². The molecule has 2 N–H and O–H groups in total. The molecule has 0 fully saturated rings. The monoisotopic (exact) mass is 179 g/mol. The van der Waals surface area contributed by atoms with Crippen LogP contribution in [0.3, 0.4) is 0 Å². The summed E-state index contributed by atoms with van der Waals surface area (Å²) in [6.45, 7) is 0. The van der Waals surface area contributed by atoms with Crippen molar-refractivity contribution in [3.05, 3.63) is 26.6 Å². The molecule has 0 saturated carbocycles. The molecule has 1 aromatic heterocycles. The van der Waals surface area contributed by atoms with Crippen LogP contribution in [0.25, 0.3) is 0 Å². The van der Waals surface area contributed by atoms with Crippen molar-refractivity contribution in [2.24, 2.45) is 0 Å². The Bertz CT molecular complexity index is 307. The van der Waals surface area contributed by atoms with Crippen LogP contribution in [0.1, 0.15) is 0 Å². The van der Waals surface area contributed by atoms with Crippen molar-refractivity contribution in [3.8, 4) is 5.75 Å². The maximum Gasteiger partial charge on any atom is 0.291 e. The van der Waals surface area contributed by atoms with E-state index in [1.165, 1.54) is 0 Å². The predicted octanol–water partition coefficient (Wildman–Crippen LogP) is 1.39. The van der Waals surface area contributed by atoms with Crippen LogP contribution in [0.15, 0.2) is 10.9 Å². The minimum Gasteiger partial charge on any atom is -0.503 e. The van der Waals surface area contributed by atoms with Gasteiger partial charge in [0.1, 0.15) is 5.15 Å². The van der Waals surface area contributed by atoms with Crippen LogP contribution in [0.5, 0.6) is 5.75 Å². The average molecular weight is 180 g/mol. The summed E-state index contributed by atoms with van der Waals surface area (Å²) >= 11 is 10.8. The van der Waals surface area contributed by atoms with E-state index >= 15 is 0 Å². The van der Waals surface area contributed by atoms with Crippen molar-refractivity contribution in [3.63, 3.8) is 0 Å². The van der Waals surface area contributed by atoms with Gasteiger partial charge in [-0.05, 0) is 0 Å². The van der Waals surface area contributed by atoms with Gasteiger partial charge in [0.2, 0.25) is 0 Å². The first-order chi connectivity index (χ1) is 4.61. The fraction of sp³-hybridized carbons (Fsp3) is 0. The minimum atomic E-state index is -0.644. The molecule has 0 saturated heterocycles. The third-order valence-electron chi connectivity index (χ3n) is 0.929. The van der Waals surface area contributed by atoms with E-state index in [-0.39, 0.29) is 10.2 Å². The standard InChI is InChI=1S/C5H3Cl2NO2/c6-2-1-3(9)5(10)8-4(2)7/h1,9H,(H,8,10). The van der Waals surface area contributed by atoms with Gasteiger partial charge in [-0.15, -0.1) is 0 Å². The van der Waals surface area contributed by atoms with E-state index in [2.05, 4.69) is 4.98 Å². The number of hydrogen-bond acceptors (Lipinski definition) is 2. The summed E-state index contributed by atoms with van der Waals surface area (Å²) < 4.78 is 0. The maximum atomic E-state index is 10.5. The summed E-state index contributed by atoms with van der Waals surface area (Å²) in [5, 5.41) is 8.89. The average Bonchev–Trinajstić information content (AvgIpc) is 1.84. The lowest BCUT2D eigenvalue weighted by atomic mass is 10.4. The van der Waals surface area contributed by atoms with Gasteiger partial charge in [-0.25, -0.2) is 0 Å². The molecule has 1 heterocycles. The van der Waals surface area contributed by atoms with E-state index in [4.69, 9.17) is 28.3 Å². The lowest BCUT2D eigenvalue weighted by Crippen LogP contribution is -2.04. The Morgan fingerprint density at radius 3 is 2.60 bits per heavy atom. The van der Waals surface area contributed by atoms with Crippen molar-refractivity contribution in [2.45, 2.75) is 0 Å². The summed E-state index contributed by atoms with van der Waals surface area (Å²) in [5.74, 6) is -0.436. The molecule has 54 valence electrons. The highest BCUT2D eigenvalue weighted by Gasteiger charge is 2.01. The highest BCUT2D eigenvalue weighted by Crippen LogP contribution is 2.19. The smallest absolute Gasteiger partial charge is 0.291 e. The van der Waals surface area contributed by atoms with Crippen LogP contribution in [0.2, 0.25) is 10.2 Å². The van der Waals surface area contributed by atoms with Crippen molar-refractivity contribution in [1.29, 1.82) is 0 Å². The van der Waals surface area contributed by atoms with Crippen LogP contribution in [0.4, 0.5) is 0 Å². The quantitative estimate of drug-likeness (QED) is 0.592. The topological polar surface area (TPSA) is 53.1 Å². The Hall–Kier alpha value is -0.670. The lowest BCUT2D eigenvalue weighted by molar-refractivity contribution is 0.466. The molecule has 1 aromatic rings. The number of rotatable bonds is 0. The van der Waals surface area contributed by atoms with Gasteiger partial charge in [-0.3, -0.25) is 4.79 Å². The normalized spacial score (nSPS) is 9.80. The molecular weight excluding hydrogens is 177 g/mol. The molecule has 1 rings (SSSR count). The summed E-state index contributed by atoms with van der Waals surface area (Å²) in [7, 11) is 0. The lowest BCUT2D eigenvalue weighted by Gasteiger charge is -1.93. The number of aromatic hydroxyl groups is 1. The van der Waals surface area contributed by atoms with Gasteiger partial charge in [-0.2, -0.15) is 0 Å². The Morgan fingerprint density at radius 2 is 2.10 bits per heavy atom. The third-order valence-corrected chi connectivity index (χ3v) is 1.62. The van der Waals surface area contributed by atoms with Crippen molar-refractivity contribution in [2.75, 3.05) is 0 Å². The van der Waals surface area contributed by atoms with Crippen LogP contribution in [0, 0.1) is 0 Å². The predicted molar refractivity (Wildman–Crippen MR) is 38.7 cm³/mol.